The zero-order chi connectivity index (χ0) is 13.0. The molecule has 1 aliphatic rings. The molecule has 2 unspecified atom stereocenters. The van der Waals surface area contributed by atoms with Gasteiger partial charge in [0.1, 0.15) is 11.9 Å². The van der Waals surface area contributed by atoms with E-state index in [0.717, 1.165) is 43.4 Å². The number of rotatable bonds is 4. The van der Waals surface area contributed by atoms with E-state index in [1.807, 2.05) is 24.3 Å². The second kappa shape index (κ2) is 6.21. The van der Waals surface area contributed by atoms with Gasteiger partial charge in [-0.2, -0.15) is 0 Å². The minimum absolute atomic E-state index is 0.0514. The van der Waals surface area contributed by atoms with Gasteiger partial charge in [0.2, 0.25) is 0 Å². The Morgan fingerprint density at radius 1 is 1.28 bits per heavy atom. The quantitative estimate of drug-likeness (QED) is 0.862. The first-order chi connectivity index (χ1) is 8.70. The fraction of sp³-hybridized carbons (Fsp3) is 0.600. The summed E-state index contributed by atoms with van der Waals surface area (Å²) in [4.78, 5) is 0. The molecule has 1 aromatic carbocycles. The molecule has 100 valence electrons. The van der Waals surface area contributed by atoms with Gasteiger partial charge in [-0.1, -0.05) is 25.5 Å². The third kappa shape index (κ3) is 3.24. The number of benzene rings is 1. The number of aliphatic hydroxyl groups excluding tert-OH is 1. The lowest BCUT2D eigenvalue weighted by atomic mass is 9.95. The Kier molecular flexibility index (Phi) is 4.61. The molecule has 1 aromatic rings. The number of nitrogens with two attached hydrogens (primary N) is 1. The molecule has 0 amide bonds. The van der Waals surface area contributed by atoms with Crippen LogP contribution in [0.4, 0.5) is 0 Å². The standard InChI is InChI=1S/C15H23NO2/c1-2-13(16)11-7-9-12(10-8-11)18-15-6-4-3-5-14(15)17/h7-10,13-15,17H,2-6,16H2,1H3/t13-,14?,15?/m0/s1. The van der Waals surface area contributed by atoms with E-state index < -0.39 is 0 Å². The average molecular weight is 249 g/mol. The van der Waals surface area contributed by atoms with E-state index >= 15 is 0 Å². The lowest BCUT2D eigenvalue weighted by molar-refractivity contribution is 0.00686. The van der Waals surface area contributed by atoms with E-state index in [9.17, 15) is 5.11 Å². The predicted molar refractivity (Wildman–Crippen MR) is 72.6 cm³/mol. The average Bonchev–Trinajstić information content (AvgIpc) is 2.41. The summed E-state index contributed by atoms with van der Waals surface area (Å²) < 4.78 is 5.85. The van der Waals surface area contributed by atoms with Crippen LogP contribution in [-0.2, 0) is 0 Å². The van der Waals surface area contributed by atoms with E-state index in [-0.39, 0.29) is 18.2 Å². The second-order valence-corrected chi connectivity index (χ2v) is 5.09. The monoisotopic (exact) mass is 249 g/mol. The van der Waals surface area contributed by atoms with E-state index in [1.54, 1.807) is 0 Å². The van der Waals surface area contributed by atoms with Gasteiger partial charge in [0.15, 0.2) is 0 Å². The van der Waals surface area contributed by atoms with Gasteiger partial charge < -0.3 is 15.6 Å². The Bertz CT molecular complexity index is 363. The molecule has 0 aromatic heterocycles. The molecule has 1 saturated carbocycles. The van der Waals surface area contributed by atoms with Crippen molar-refractivity contribution in [1.29, 1.82) is 0 Å². The van der Waals surface area contributed by atoms with Crippen LogP contribution in [0, 0.1) is 0 Å². The van der Waals surface area contributed by atoms with Crippen LogP contribution in [0.25, 0.3) is 0 Å². The maximum Gasteiger partial charge on any atom is 0.124 e. The molecule has 1 aliphatic carbocycles. The highest BCUT2D eigenvalue weighted by molar-refractivity contribution is 5.29. The fourth-order valence-electron chi connectivity index (χ4n) is 2.42. The zero-order valence-electron chi connectivity index (χ0n) is 11.0. The molecule has 1 fully saturated rings. The Balaban J connectivity index is 1.97. The van der Waals surface area contributed by atoms with Crippen LogP contribution in [0.2, 0.25) is 0 Å². The van der Waals surface area contributed by atoms with Gasteiger partial charge in [-0.15, -0.1) is 0 Å². The molecule has 18 heavy (non-hydrogen) atoms. The van der Waals surface area contributed by atoms with Crippen molar-refractivity contribution < 1.29 is 9.84 Å². The highest BCUT2D eigenvalue weighted by atomic mass is 16.5. The van der Waals surface area contributed by atoms with E-state index in [4.69, 9.17) is 10.5 Å². The molecule has 0 saturated heterocycles. The van der Waals surface area contributed by atoms with Crippen LogP contribution in [-0.4, -0.2) is 17.3 Å². The Morgan fingerprint density at radius 3 is 2.56 bits per heavy atom. The minimum Gasteiger partial charge on any atom is -0.488 e. The van der Waals surface area contributed by atoms with Gasteiger partial charge in [0.25, 0.3) is 0 Å². The summed E-state index contributed by atoms with van der Waals surface area (Å²) in [6.45, 7) is 2.08. The molecule has 3 nitrogen and oxygen atoms in total. The molecular weight excluding hydrogens is 226 g/mol. The normalized spacial score (nSPS) is 25.7. The predicted octanol–water partition coefficient (Wildman–Crippen LogP) is 2.78. The number of ether oxygens (including phenoxy) is 1. The van der Waals surface area contributed by atoms with Crippen LogP contribution in [0.5, 0.6) is 5.75 Å². The molecule has 3 atom stereocenters. The summed E-state index contributed by atoms with van der Waals surface area (Å²) in [5.41, 5.74) is 7.10. The van der Waals surface area contributed by atoms with Gasteiger partial charge in [-0.3, -0.25) is 0 Å². The molecule has 0 bridgehead atoms. The molecule has 3 heteroatoms. The summed E-state index contributed by atoms with van der Waals surface area (Å²) in [5, 5.41) is 9.87. The summed E-state index contributed by atoms with van der Waals surface area (Å²) >= 11 is 0. The highest BCUT2D eigenvalue weighted by Crippen LogP contribution is 2.25. The minimum atomic E-state index is -0.323. The van der Waals surface area contributed by atoms with Crippen molar-refractivity contribution in [3.63, 3.8) is 0 Å². The smallest absolute Gasteiger partial charge is 0.124 e. The van der Waals surface area contributed by atoms with Crippen molar-refractivity contribution in [2.45, 2.75) is 57.3 Å². The first-order valence-corrected chi connectivity index (χ1v) is 6.91. The van der Waals surface area contributed by atoms with Gasteiger partial charge in [-0.25, -0.2) is 0 Å². The fourth-order valence-corrected chi connectivity index (χ4v) is 2.42. The van der Waals surface area contributed by atoms with E-state index in [1.165, 1.54) is 0 Å². The largest absolute Gasteiger partial charge is 0.488 e. The lowest BCUT2D eigenvalue weighted by Crippen LogP contribution is -2.34. The van der Waals surface area contributed by atoms with E-state index in [0.29, 0.717) is 0 Å². The summed E-state index contributed by atoms with van der Waals surface area (Å²) in [6.07, 6.45) is 4.59. The highest BCUT2D eigenvalue weighted by Gasteiger charge is 2.24. The van der Waals surface area contributed by atoms with Crippen LogP contribution in [0.1, 0.15) is 50.6 Å². The number of aliphatic hydroxyl groups is 1. The van der Waals surface area contributed by atoms with Gasteiger partial charge >= 0.3 is 0 Å². The maximum atomic E-state index is 9.87. The van der Waals surface area contributed by atoms with Crippen LogP contribution in [0.15, 0.2) is 24.3 Å². The van der Waals surface area contributed by atoms with Crippen LogP contribution >= 0.6 is 0 Å². The van der Waals surface area contributed by atoms with Crippen molar-refractivity contribution in [3.05, 3.63) is 29.8 Å². The first-order valence-electron chi connectivity index (χ1n) is 6.91. The Morgan fingerprint density at radius 2 is 1.94 bits per heavy atom. The van der Waals surface area contributed by atoms with Crippen molar-refractivity contribution in [2.75, 3.05) is 0 Å². The van der Waals surface area contributed by atoms with E-state index in [2.05, 4.69) is 6.92 Å². The summed E-state index contributed by atoms with van der Waals surface area (Å²) in [7, 11) is 0. The number of hydrogen-bond acceptors (Lipinski definition) is 3. The van der Waals surface area contributed by atoms with Crippen molar-refractivity contribution >= 4 is 0 Å². The van der Waals surface area contributed by atoms with Crippen LogP contribution in [0.3, 0.4) is 0 Å². The zero-order valence-corrected chi connectivity index (χ0v) is 11.0. The van der Waals surface area contributed by atoms with Crippen molar-refractivity contribution in [2.24, 2.45) is 5.73 Å². The number of hydrogen-bond donors (Lipinski definition) is 2. The van der Waals surface area contributed by atoms with Gasteiger partial charge in [0.05, 0.1) is 6.10 Å². The molecule has 2 rings (SSSR count). The SMILES string of the molecule is CC[C@H](N)c1ccc(OC2CCCCC2O)cc1. The van der Waals surface area contributed by atoms with Crippen molar-refractivity contribution in [3.8, 4) is 5.75 Å². The topological polar surface area (TPSA) is 55.5 Å². The second-order valence-electron chi connectivity index (χ2n) is 5.09. The summed E-state index contributed by atoms with van der Waals surface area (Å²) in [5.74, 6) is 0.827. The molecule has 3 N–H and O–H groups in total. The third-order valence-corrected chi connectivity index (χ3v) is 3.70. The van der Waals surface area contributed by atoms with Gasteiger partial charge in [-0.05, 0) is 43.4 Å². The molecular formula is C15H23NO2. The molecule has 0 heterocycles. The first kappa shape index (κ1) is 13.4. The molecule has 0 radical (unpaired) electrons. The van der Waals surface area contributed by atoms with Crippen LogP contribution < -0.4 is 10.5 Å². The van der Waals surface area contributed by atoms with Crippen molar-refractivity contribution in [1.82, 2.24) is 0 Å². The molecule has 0 spiro atoms. The Hall–Kier alpha value is -1.06. The Labute approximate surface area is 109 Å². The lowest BCUT2D eigenvalue weighted by Gasteiger charge is -2.28. The maximum absolute atomic E-state index is 9.87. The summed E-state index contributed by atoms with van der Waals surface area (Å²) in [6, 6.07) is 8.02. The molecule has 0 aliphatic heterocycles. The van der Waals surface area contributed by atoms with Gasteiger partial charge in [0, 0.05) is 6.04 Å². The third-order valence-electron chi connectivity index (χ3n) is 3.70.